The van der Waals surface area contributed by atoms with Gasteiger partial charge in [-0.3, -0.25) is 5.43 Å². The molecule has 0 aromatic carbocycles. The molecule has 1 N–H and O–H groups in total. The fourth-order valence-corrected chi connectivity index (χ4v) is 8.79. The molecule has 0 spiro atoms. The minimum atomic E-state index is 0.552. The van der Waals surface area contributed by atoms with Crippen LogP contribution in [0.25, 0.3) is 20.9 Å². The summed E-state index contributed by atoms with van der Waals surface area (Å²) in [6, 6.07) is 0. The van der Waals surface area contributed by atoms with Gasteiger partial charge < -0.3 is 0 Å². The number of fused-ring (bicyclic) bond motifs is 4. The first-order valence-corrected chi connectivity index (χ1v) is 20.1. The predicted molar refractivity (Wildman–Crippen MR) is 206 cm³/mol. The van der Waals surface area contributed by atoms with Crippen molar-refractivity contribution in [2.75, 3.05) is 19.6 Å². The van der Waals surface area contributed by atoms with Crippen LogP contribution in [-0.2, 0) is 19.4 Å². The zero-order valence-corrected chi connectivity index (χ0v) is 32.7. The van der Waals surface area contributed by atoms with Gasteiger partial charge in [0.2, 0.25) is 0 Å². The minimum Gasteiger partial charge on any atom is -0.265 e. The quantitative estimate of drug-likeness (QED) is 0.0983. The van der Waals surface area contributed by atoms with Crippen LogP contribution < -0.4 is 5.43 Å². The molecular formula is C39H66N12. The molecule has 6 aliphatic rings. The highest BCUT2D eigenvalue weighted by Gasteiger charge is 2.47. The SMILES string of the molecule is CCC1C2CCC#CCCC12.CCN=NN/C1=C/CCC2C(C)C2CC1.CCN=[N+]=[N-].CCN=[N+]=[N-].CCn1nnc2c1CCC1C(C)C1CC2. The molecule has 0 aliphatic heterocycles. The Morgan fingerprint density at radius 3 is 1.84 bits per heavy atom. The molecule has 0 amide bonds. The number of nitrogens with zero attached hydrogens (tertiary/aromatic N) is 11. The topological polar surface area (TPSA) is 165 Å². The second-order valence-electron chi connectivity index (χ2n) is 14.7. The van der Waals surface area contributed by atoms with Crippen molar-refractivity contribution in [2.24, 2.45) is 73.8 Å². The molecule has 1 aromatic rings. The maximum atomic E-state index is 7.52. The maximum Gasteiger partial charge on any atom is 0.0859 e. The van der Waals surface area contributed by atoms with E-state index in [1.165, 1.54) is 74.9 Å². The molecule has 6 aliphatic carbocycles. The second kappa shape index (κ2) is 23.1. The summed E-state index contributed by atoms with van der Waals surface area (Å²) < 4.78 is 2.09. The lowest BCUT2D eigenvalue weighted by Crippen LogP contribution is -2.07. The van der Waals surface area contributed by atoms with Crippen molar-refractivity contribution >= 4 is 0 Å². The standard InChI is InChI=1S/C12H19N3.C12H21N3.C11H16.2C2H5N3/c1-3-15-12-7-5-10-8(2)9(10)4-6-11(12)13-14-15;1-3-13-15-14-10-5-4-6-11-9(2)12(11)8-7-10;1-2-9-10-7-5-3-4-6-8-11(9)10;2*1-2-4-5-3/h8-10H,3-7H2,1-2H3;5,9,11-12H,3-4,6-8H2,1-2H3,(H,13,14);9-11H,2,5-8H2,1H3;2*2H2,1H3/b;10-5+;;;. The molecule has 3 fully saturated rings. The Hall–Kier alpha value is -3.54. The summed E-state index contributed by atoms with van der Waals surface area (Å²) in [7, 11) is 0. The molecule has 3 saturated carbocycles. The number of allylic oxidation sites excluding steroid dienone is 2. The highest BCUT2D eigenvalue weighted by atomic mass is 15.4. The first kappa shape index (κ1) is 41.9. The number of hydrogen-bond donors (Lipinski definition) is 1. The van der Waals surface area contributed by atoms with E-state index in [9.17, 15) is 0 Å². The molecule has 12 nitrogen and oxygen atoms in total. The Kier molecular flexibility index (Phi) is 19.0. The Labute approximate surface area is 307 Å². The molecule has 0 saturated heterocycles. The zero-order valence-electron chi connectivity index (χ0n) is 32.7. The monoisotopic (exact) mass is 703 g/mol. The molecule has 0 radical (unpaired) electrons. The van der Waals surface area contributed by atoms with Crippen LogP contribution >= 0.6 is 0 Å². The summed E-state index contributed by atoms with van der Waals surface area (Å²) in [6.45, 7) is 17.7. The van der Waals surface area contributed by atoms with Gasteiger partial charge in [0.15, 0.2) is 0 Å². The van der Waals surface area contributed by atoms with Crippen LogP contribution in [0.4, 0.5) is 0 Å². The van der Waals surface area contributed by atoms with Crippen molar-refractivity contribution in [3.05, 3.63) is 44.0 Å². The Balaban J connectivity index is 0.000000184. The van der Waals surface area contributed by atoms with E-state index in [4.69, 9.17) is 11.1 Å². The lowest BCUT2D eigenvalue weighted by Gasteiger charge is -2.09. The third kappa shape index (κ3) is 13.5. The van der Waals surface area contributed by atoms with Crippen LogP contribution in [0, 0.1) is 65.1 Å². The Morgan fingerprint density at radius 2 is 1.33 bits per heavy atom. The average Bonchev–Trinajstić information content (AvgIpc) is 4.02. The van der Waals surface area contributed by atoms with E-state index < -0.39 is 0 Å². The normalized spacial score (nSPS) is 31.4. The first-order valence-electron chi connectivity index (χ1n) is 20.1. The van der Waals surface area contributed by atoms with Crippen LogP contribution in [0.3, 0.4) is 0 Å². The Morgan fingerprint density at radius 1 is 0.765 bits per heavy atom. The summed E-state index contributed by atoms with van der Waals surface area (Å²) in [5.74, 6) is 15.6. The molecule has 12 heteroatoms. The molecule has 1 heterocycles. The minimum absolute atomic E-state index is 0.552. The van der Waals surface area contributed by atoms with E-state index in [1.54, 1.807) is 13.8 Å². The molecular weight excluding hydrogens is 637 g/mol. The van der Waals surface area contributed by atoms with Gasteiger partial charge in [0.05, 0.1) is 17.9 Å². The van der Waals surface area contributed by atoms with E-state index in [0.29, 0.717) is 13.1 Å². The number of azide groups is 2. The van der Waals surface area contributed by atoms with E-state index in [0.717, 1.165) is 92.0 Å². The fraction of sp³-hybridized carbons (Fsp3) is 0.846. The number of rotatable bonds is 7. The van der Waals surface area contributed by atoms with E-state index in [1.807, 2.05) is 6.92 Å². The van der Waals surface area contributed by atoms with Gasteiger partial charge in [0.25, 0.3) is 0 Å². The Bertz CT molecular complexity index is 1360. The van der Waals surface area contributed by atoms with Gasteiger partial charge >= 0.3 is 0 Å². The van der Waals surface area contributed by atoms with E-state index >= 15 is 0 Å². The summed E-state index contributed by atoms with van der Waals surface area (Å²) >= 11 is 0. The average molecular weight is 703 g/mol. The number of hydrogen-bond acceptors (Lipinski definition) is 6. The van der Waals surface area contributed by atoms with Gasteiger partial charge in [0.1, 0.15) is 0 Å². The van der Waals surface area contributed by atoms with Gasteiger partial charge in [-0.05, 0) is 142 Å². The molecule has 1 aromatic heterocycles. The van der Waals surface area contributed by atoms with Crippen molar-refractivity contribution < 1.29 is 0 Å². The number of aromatic nitrogens is 3. The predicted octanol–water partition coefficient (Wildman–Crippen LogP) is 10.8. The van der Waals surface area contributed by atoms with Gasteiger partial charge in [-0.15, -0.1) is 16.9 Å². The first-order chi connectivity index (χ1) is 24.9. The smallest absolute Gasteiger partial charge is 0.0859 e. The van der Waals surface area contributed by atoms with E-state index in [-0.39, 0.29) is 0 Å². The van der Waals surface area contributed by atoms with Crippen molar-refractivity contribution in [2.45, 2.75) is 138 Å². The van der Waals surface area contributed by atoms with Crippen LogP contribution in [0.2, 0.25) is 0 Å². The maximum absolute atomic E-state index is 7.52. The van der Waals surface area contributed by atoms with Crippen LogP contribution in [-0.4, -0.2) is 34.6 Å². The van der Waals surface area contributed by atoms with Crippen molar-refractivity contribution in [3.8, 4) is 11.8 Å². The molecule has 7 rings (SSSR count). The van der Waals surface area contributed by atoms with Crippen molar-refractivity contribution in [3.63, 3.8) is 0 Å². The van der Waals surface area contributed by atoms with Crippen LogP contribution in [0.15, 0.2) is 32.3 Å². The van der Waals surface area contributed by atoms with Gasteiger partial charge in [-0.1, -0.05) is 67.8 Å². The van der Waals surface area contributed by atoms with Gasteiger partial charge in [0, 0.05) is 48.0 Å². The van der Waals surface area contributed by atoms with E-state index in [2.05, 4.69) is 96.4 Å². The molecule has 282 valence electrons. The third-order valence-electron chi connectivity index (χ3n) is 11.9. The lowest BCUT2D eigenvalue weighted by atomic mass is 10.0. The highest BCUT2D eigenvalue weighted by molar-refractivity contribution is 5.15. The summed E-state index contributed by atoms with van der Waals surface area (Å²) in [5, 5.41) is 22.7. The van der Waals surface area contributed by atoms with Crippen LogP contribution in [0.5, 0.6) is 0 Å². The molecule has 0 bridgehead atoms. The molecule has 8 atom stereocenters. The third-order valence-corrected chi connectivity index (χ3v) is 11.9. The van der Waals surface area contributed by atoms with Gasteiger partial charge in [-0.2, -0.15) is 5.11 Å². The van der Waals surface area contributed by atoms with Gasteiger partial charge in [-0.25, -0.2) is 4.68 Å². The summed E-state index contributed by atoms with van der Waals surface area (Å²) in [4.78, 5) is 4.96. The van der Waals surface area contributed by atoms with Crippen molar-refractivity contribution in [1.82, 2.24) is 20.4 Å². The lowest BCUT2D eigenvalue weighted by molar-refractivity contribution is 0.548. The summed E-state index contributed by atoms with van der Waals surface area (Å²) in [6.07, 6.45) is 18.9. The highest BCUT2D eigenvalue weighted by Crippen LogP contribution is 2.54. The van der Waals surface area contributed by atoms with Crippen molar-refractivity contribution in [1.29, 1.82) is 0 Å². The summed E-state index contributed by atoms with van der Waals surface area (Å²) in [5.41, 5.74) is 22.1. The van der Waals surface area contributed by atoms with Crippen LogP contribution in [0.1, 0.15) is 130 Å². The fourth-order valence-electron chi connectivity index (χ4n) is 8.79. The number of aryl methyl sites for hydroxylation is 2. The zero-order chi connectivity index (χ0) is 37.0. The number of nitrogens with one attached hydrogen (secondary N) is 1. The molecule has 51 heavy (non-hydrogen) atoms. The second-order valence-corrected chi connectivity index (χ2v) is 14.7. The largest absolute Gasteiger partial charge is 0.265 e. The molecule has 8 unspecified atom stereocenters.